The Morgan fingerprint density at radius 2 is 1.91 bits per heavy atom. The average Bonchev–Trinajstić information content (AvgIpc) is 2.56. The van der Waals surface area contributed by atoms with E-state index in [0.717, 1.165) is 43.9 Å². The molecule has 114 valence electrons. The van der Waals surface area contributed by atoms with E-state index in [-0.39, 0.29) is 0 Å². The Balaban J connectivity index is 1.56. The van der Waals surface area contributed by atoms with Gasteiger partial charge in [0.2, 0.25) is 0 Å². The number of nitrogens with zero attached hydrogens (tertiary/aromatic N) is 2. The Kier molecular flexibility index (Phi) is 6.40. The van der Waals surface area contributed by atoms with Crippen molar-refractivity contribution in [2.75, 3.05) is 25.0 Å². The number of pyridine rings is 1. The summed E-state index contributed by atoms with van der Waals surface area (Å²) in [5, 5.41) is 15.6. The van der Waals surface area contributed by atoms with Gasteiger partial charge in [-0.25, -0.2) is 0 Å². The second kappa shape index (κ2) is 8.81. The zero-order chi connectivity index (χ0) is 15.6. The van der Waals surface area contributed by atoms with Crippen LogP contribution in [0.15, 0.2) is 42.6 Å². The van der Waals surface area contributed by atoms with E-state index in [4.69, 9.17) is 5.26 Å². The van der Waals surface area contributed by atoms with Gasteiger partial charge in [-0.1, -0.05) is 12.1 Å². The van der Waals surface area contributed by atoms with E-state index in [1.54, 1.807) is 0 Å². The van der Waals surface area contributed by atoms with Crippen LogP contribution in [0, 0.1) is 18.3 Å². The minimum Gasteiger partial charge on any atom is -0.384 e. The fourth-order valence-electron chi connectivity index (χ4n) is 2.21. The smallest absolute Gasteiger partial charge is 0.0991 e. The number of aromatic nitrogens is 1. The molecule has 4 heteroatoms. The first-order valence-electron chi connectivity index (χ1n) is 7.65. The Labute approximate surface area is 132 Å². The number of hydrogen-bond acceptors (Lipinski definition) is 4. The molecule has 1 aromatic carbocycles. The highest BCUT2D eigenvalue weighted by Gasteiger charge is 1.97. The van der Waals surface area contributed by atoms with Crippen LogP contribution in [-0.4, -0.2) is 24.6 Å². The molecule has 0 saturated carbocycles. The van der Waals surface area contributed by atoms with E-state index in [9.17, 15) is 0 Å². The summed E-state index contributed by atoms with van der Waals surface area (Å²) in [6.07, 6.45) is 3.87. The molecule has 0 aliphatic rings. The van der Waals surface area contributed by atoms with Crippen molar-refractivity contribution in [3.8, 4) is 6.07 Å². The Morgan fingerprint density at radius 3 is 2.64 bits per heavy atom. The third kappa shape index (κ3) is 5.19. The predicted molar refractivity (Wildman–Crippen MR) is 89.8 cm³/mol. The van der Waals surface area contributed by atoms with Crippen molar-refractivity contribution in [1.29, 1.82) is 5.26 Å². The second-order valence-electron chi connectivity index (χ2n) is 5.23. The molecule has 2 rings (SSSR count). The first-order chi connectivity index (χ1) is 10.8. The Bertz CT molecular complexity index is 614. The van der Waals surface area contributed by atoms with Crippen LogP contribution in [-0.2, 0) is 6.42 Å². The summed E-state index contributed by atoms with van der Waals surface area (Å²) in [6, 6.07) is 13.9. The van der Waals surface area contributed by atoms with Crippen molar-refractivity contribution in [3.63, 3.8) is 0 Å². The lowest BCUT2D eigenvalue weighted by Crippen LogP contribution is -2.20. The highest BCUT2D eigenvalue weighted by molar-refractivity contribution is 5.46. The van der Waals surface area contributed by atoms with Crippen molar-refractivity contribution >= 4 is 5.69 Å². The van der Waals surface area contributed by atoms with E-state index in [0.29, 0.717) is 5.56 Å². The van der Waals surface area contributed by atoms with Crippen molar-refractivity contribution in [2.24, 2.45) is 0 Å². The molecule has 22 heavy (non-hydrogen) atoms. The lowest BCUT2D eigenvalue weighted by molar-refractivity contribution is 0.660. The number of nitrogens with one attached hydrogen (secondary N) is 2. The average molecular weight is 294 g/mol. The van der Waals surface area contributed by atoms with Gasteiger partial charge >= 0.3 is 0 Å². The summed E-state index contributed by atoms with van der Waals surface area (Å²) in [5.74, 6) is 0. The van der Waals surface area contributed by atoms with Gasteiger partial charge in [-0.15, -0.1) is 0 Å². The topological polar surface area (TPSA) is 60.7 Å². The fraction of sp³-hybridized carbons (Fsp3) is 0.333. The van der Waals surface area contributed by atoms with Crippen molar-refractivity contribution in [3.05, 3.63) is 59.4 Å². The van der Waals surface area contributed by atoms with Crippen LogP contribution in [0.5, 0.6) is 0 Å². The van der Waals surface area contributed by atoms with E-state index in [1.807, 2.05) is 43.5 Å². The summed E-state index contributed by atoms with van der Waals surface area (Å²) in [5.41, 5.74) is 4.13. The van der Waals surface area contributed by atoms with E-state index in [2.05, 4.69) is 27.8 Å². The standard InChI is InChI=1S/C18H22N4/c1-15-18(4-2-11-21-15)22-12-3-10-20-13-9-16-5-7-17(14-19)8-6-16/h2,4-8,11,20,22H,3,9-10,12-13H2,1H3. The minimum absolute atomic E-state index is 0.716. The Hall–Kier alpha value is -2.38. The van der Waals surface area contributed by atoms with Gasteiger partial charge in [0.05, 0.1) is 23.0 Å². The fourth-order valence-corrected chi connectivity index (χ4v) is 2.21. The van der Waals surface area contributed by atoms with Gasteiger partial charge in [-0.2, -0.15) is 5.26 Å². The maximum absolute atomic E-state index is 8.75. The van der Waals surface area contributed by atoms with Gasteiger partial charge in [0, 0.05) is 12.7 Å². The molecule has 0 radical (unpaired) electrons. The van der Waals surface area contributed by atoms with Crippen LogP contribution in [0.25, 0.3) is 0 Å². The molecule has 2 aromatic rings. The first kappa shape index (κ1) is 16.0. The maximum atomic E-state index is 8.75. The zero-order valence-electron chi connectivity index (χ0n) is 13.0. The second-order valence-corrected chi connectivity index (χ2v) is 5.23. The van der Waals surface area contributed by atoms with E-state index in [1.165, 1.54) is 5.56 Å². The van der Waals surface area contributed by atoms with Gasteiger partial charge in [-0.05, 0) is 62.7 Å². The van der Waals surface area contributed by atoms with Crippen LogP contribution in [0.3, 0.4) is 0 Å². The van der Waals surface area contributed by atoms with Gasteiger partial charge in [0.1, 0.15) is 0 Å². The number of aryl methyl sites for hydroxylation is 1. The molecule has 1 aromatic heterocycles. The lowest BCUT2D eigenvalue weighted by Gasteiger charge is -2.09. The van der Waals surface area contributed by atoms with Gasteiger partial charge in [0.25, 0.3) is 0 Å². The summed E-state index contributed by atoms with van der Waals surface area (Å²) in [4.78, 5) is 4.26. The molecule has 1 heterocycles. The summed E-state index contributed by atoms with van der Waals surface area (Å²) < 4.78 is 0. The first-order valence-corrected chi connectivity index (χ1v) is 7.65. The summed E-state index contributed by atoms with van der Waals surface area (Å²) >= 11 is 0. The van der Waals surface area contributed by atoms with Crippen LogP contribution >= 0.6 is 0 Å². The van der Waals surface area contributed by atoms with Crippen LogP contribution in [0.2, 0.25) is 0 Å². The van der Waals surface area contributed by atoms with E-state index < -0.39 is 0 Å². The molecule has 0 bridgehead atoms. The molecule has 4 nitrogen and oxygen atoms in total. The molecule has 0 unspecified atom stereocenters. The summed E-state index contributed by atoms with van der Waals surface area (Å²) in [7, 11) is 0. The van der Waals surface area contributed by atoms with Crippen LogP contribution < -0.4 is 10.6 Å². The molecule has 0 aliphatic carbocycles. The predicted octanol–water partition coefficient (Wildman–Crippen LogP) is 2.90. The third-order valence-electron chi connectivity index (χ3n) is 3.53. The maximum Gasteiger partial charge on any atom is 0.0991 e. The van der Waals surface area contributed by atoms with Crippen LogP contribution in [0.4, 0.5) is 5.69 Å². The molecule has 0 spiro atoms. The monoisotopic (exact) mass is 294 g/mol. The SMILES string of the molecule is Cc1ncccc1NCCCNCCc1ccc(C#N)cc1. The lowest BCUT2D eigenvalue weighted by atomic mass is 10.1. The number of benzene rings is 1. The quantitative estimate of drug-likeness (QED) is 0.735. The molecule has 0 atom stereocenters. The minimum atomic E-state index is 0.716. The number of nitriles is 1. The third-order valence-corrected chi connectivity index (χ3v) is 3.53. The molecule has 0 saturated heterocycles. The van der Waals surface area contributed by atoms with E-state index >= 15 is 0 Å². The number of hydrogen-bond donors (Lipinski definition) is 2. The molecular weight excluding hydrogens is 272 g/mol. The number of rotatable bonds is 8. The van der Waals surface area contributed by atoms with Crippen molar-refractivity contribution in [2.45, 2.75) is 19.8 Å². The normalized spacial score (nSPS) is 10.2. The van der Waals surface area contributed by atoms with Crippen LogP contribution in [0.1, 0.15) is 23.2 Å². The zero-order valence-corrected chi connectivity index (χ0v) is 13.0. The van der Waals surface area contributed by atoms with Crippen molar-refractivity contribution < 1.29 is 0 Å². The molecule has 0 aliphatic heterocycles. The van der Waals surface area contributed by atoms with Gasteiger partial charge < -0.3 is 10.6 Å². The molecule has 2 N–H and O–H groups in total. The largest absolute Gasteiger partial charge is 0.384 e. The molecular formula is C18H22N4. The van der Waals surface area contributed by atoms with Crippen molar-refractivity contribution in [1.82, 2.24) is 10.3 Å². The highest BCUT2D eigenvalue weighted by Crippen LogP contribution is 2.09. The highest BCUT2D eigenvalue weighted by atomic mass is 14.9. The molecule has 0 fully saturated rings. The molecule has 0 amide bonds. The van der Waals surface area contributed by atoms with Gasteiger partial charge in [-0.3, -0.25) is 4.98 Å². The van der Waals surface area contributed by atoms with Gasteiger partial charge in [0.15, 0.2) is 0 Å². The Morgan fingerprint density at radius 1 is 1.09 bits per heavy atom. The number of anilines is 1. The summed E-state index contributed by atoms with van der Waals surface area (Å²) in [6.45, 7) is 4.90.